The highest BCUT2D eigenvalue weighted by Crippen LogP contribution is 2.14. The number of amides is 2. The summed E-state index contributed by atoms with van der Waals surface area (Å²) in [5.41, 5.74) is 3.38. The van der Waals surface area contributed by atoms with Crippen LogP contribution in [0, 0.1) is 0 Å². The minimum atomic E-state index is -0.533. The number of rotatable bonds is 7. The Balaban J connectivity index is 1.50. The number of ether oxygens (including phenoxy) is 1. The maximum absolute atomic E-state index is 12.4. The van der Waals surface area contributed by atoms with Crippen LogP contribution in [0.5, 0.6) is 0 Å². The summed E-state index contributed by atoms with van der Waals surface area (Å²) in [7, 11) is 0. The maximum Gasteiger partial charge on any atom is 0.411 e. The van der Waals surface area contributed by atoms with E-state index in [0.717, 1.165) is 12.1 Å². The number of hydrogen-bond donors (Lipinski definition) is 2. The van der Waals surface area contributed by atoms with Gasteiger partial charge in [-0.2, -0.15) is 0 Å². The number of hydrogen-bond acceptors (Lipinski definition) is 4. The standard InChI is InChI=1S/C23H29N3O3/c1-2-29-23(28)25-21-8-6-7-20(15-21)22(27)24-16-18-9-11-19(12-10-18)17-26-13-4-3-5-14-26/h6-12,15H,2-5,13-14,16-17H2,1H3,(H,24,27)(H,25,28). The van der Waals surface area contributed by atoms with E-state index in [1.165, 1.54) is 37.9 Å². The van der Waals surface area contributed by atoms with Gasteiger partial charge in [-0.15, -0.1) is 0 Å². The summed E-state index contributed by atoms with van der Waals surface area (Å²) in [5, 5.41) is 5.53. The predicted molar refractivity (Wildman–Crippen MR) is 114 cm³/mol. The Bertz CT molecular complexity index is 814. The molecule has 2 aromatic carbocycles. The lowest BCUT2D eigenvalue weighted by Gasteiger charge is -2.26. The Hall–Kier alpha value is -2.86. The van der Waals surface area contributed by atoms with Gasteiger partial charge < -0.3 is 10.1 Å². The van der Waals surface area contributed by atoms with Crippen molar-refractivity contribution in [1.82, 2.24) is 10.2 Å². The summed E-state index contributed by atoms with van der Waals surface area (Å²) in [5.74, 6) is -0.185. The first kappa shape index (κ1) is 20.9. The highest BCUT2D eigenvalue weighted by molar-refractivity contribution is 5.96. The molecule has 1 saturated heterocycles. The van der Waals surface area contributed by atoms with Crippen molar-refractivity contribution in [3.05, 3.63) is 65.2 Å². The van der Waals surface area contributed by atoms with Crippen LogP contribution in [0.15, 0.2) is 48.5 Å². The van der Waals surface area contributed by atoms with Gasteiger partial charge in [0.15, 0.2) is 0 Å². The molecule has 1 aliphatic rings. The second-order valence-corrected chi connectivity index (χ2v) is 7.26. The average molecular weight is 396 g/mol. The number of piperidine rings is 1. The molecule has 0 radical (unpaired) electrons. The van der Waals surface area contributed by atoms with Crippen LogP contribution in [-0.4, -0.2) is 36.6 Å². The van der Waals surface area contributed by atoms with Crippen LogP contribution in [0.25, 0.3) is 0 Å². The fraction of sp³-hybridized carbons (Fsp3) is 0.391. The zero-order chi connectivity index (χ0) is 20.5. The third-order valence-electron chi connectivity index (χ3n) is 4.98. The minimum absolute atomic E-state index is 0.185. The van der Waals surface area contributed by atoms with Gasteiger partial charge in [-0.25, -0.2) is 4.79 Å². The van der Waals surface area contributed by atoms with Gasteiger partial charge in [-0.05, 0) is 62.2 Å². The molecule has 3 rings (SSSR count). The van der Waals surface area contributed by atoms with E-state index in [-0.39, 0.29) is 5.91 Å². The highest BCUT2D eigenvalue weighted by atomic mass is 16.5. The third kappa shape index (κ3) is 6.61. The van der Waals surface area contributed by atoms with Crippen LogP contribution in [0.4, 0.5) is 10.5 Å². The molecule has 0 aromatic heterocycles. The number of carbonyl (C=O) groups is 2. The number of anilines is 1. The summed E-state index contributed by atoms with van der Waals surface area (Å²) in [6.07, 6.45) is 3.40. The summed E-state index contributed by atoms with van der Waals surface area (Å²) in [6, 6.07) is 15.2. The van der Waals surface area contributed by atoms with E-state index in [4.69, 9.17) is 4.74 Å². The molecule has 6 heteroatoms. The number of carbonyl (C=O) groups excluding carboxylic acids is 2. The van der Waals surface area contributed by atoms with Crippen molar-refractivity contribution in [3.63, 3.8) is 0 Å². The van der Waals surface area contributed by atoms with Crippen LogP contribution in [-0.2, 0) is 17.8 Å². The van der Waals surface area contributed by atoms with E-state index in [9.17, 15) is 9.59 Å². The molecule has 0 spiro atoms. The monoisotopic (exact) mass is 395 g/mol. The maximum atomic E-state index is 12.4. The Morgan fingerprint density at radius 1 is 1.00 bits per heavy atom. The molecule has 6 nitrogen and oxygen atoms in total. The van der Waals surface area contributed by atoms with E-state index in [1.807, 2.05) is 0 Å². The number of benzene rings is 2. The van der Waals surface area contributed by atoms with Crippen molar-refractivity contribution in [3.8, 4) is 0 Å². The molecule has 1 fully saturated rings. The first-order valence-electron chi connectivity index (χ1n) is 10.3. The molecule has 154 valence electrons. The summed E-state index contributed by atoms with van der Waals surface area (Å²) >= 11 is 0. The average Bonchev–Trinajstić information content (AvgIpc) is 2.74. The number of nitrogens with zero attached hydrogens (tertiary/aromatic N) is 1. The first-order chi connectivity index (χ1) is 14.1. The fourth-order valence-corrected chi connectivity index (χ4v) is 3.45. The summed E-state index contributed by atoms with van der Waals surface area (Å²) in [6.45, 7) is 5.85. The van der Waals surface area contributed by atoms with Crippen LogP contribution in [0.3, 0.4) is 0 Å². The van der Waals surface area contributed by atoms with Gasteiger partial charge >= 0.3 is 6.09 Å². The van der Waals surface area contributed by atoms with E-state index >= 15 is 0 Å². The Labute approximate surface area is 172 Å². The van der Waals surface area contributed by atoms with Crippen LogP contribution < -0.4 is 10.6 Å². The molecular weight excluding hydrogens is 366 g/mol. The zero-order valence-corrected chi connectivity index (χ0v) is 16.9. The molecule has 2 N–H and O–H groups in total. The zero-order valence-electron chi connectivity index (χ0n) is 16.9. The second kappa shape index (κ2) is 10.6. The largest absolute Gasteiger partial charge is 0.450 e. The van der Waals surface area contributed by atoms with Gasteiger partial charge in [0.25, 0.3) is 5.91 Å². The molecule has 0 aliphatic carbocycles. The Kier molecular flexibility index (Phi) is 7.64. The van der Waals surface area contributed by atoms with Crippen molar-refractivity contribution in [2.24, 2.45) is 0 Å². The topological polar surface area (TPSA) is 70.7 Å². The normalized spacial score (nSPS) is 14.2. The van der Waals surface area contributed by atoms with Crippen LogP contribution in [0.1, 0.15) is 47.7 Å². The fourth-order valence-electron chi connectivity index (χ4n) is 3.45. The van der Waals surface area contributed by atoms with E-state index in [0.29, 0.717) is 24.4 Å². The van der Waals surface area contributed by atoms with Crippen molar-refractivity contribution in [1.29, 1.82) is 0 Å². The molecule has 0 saturated carbocycles. The lowest BCUT2D eigenvalue weighted by molar-refractivity contribution is 0.0950. The van der Waals surface area contributed by atoms with Crippen molar-refractivity contribution in [2.45, 2.75) is 39.3 Å². The molecule has 0 bridgehead atoms. The highest BCUT2D eigenvalue weighted by Gasteiger charge is 2.11. The molecular formula is C23H29N3O3. The van der Waals surface area contributed by atoms with Gasteiger partial charge in [-0.1, -0.05) is 36.8 Å². The Morgan fingerprint density at radius 2 is 1.72 bits per heavy atom. The van der Waals surface area contributed by atoms with Crippen LogP contribution in [0.2, 0.25) is 0 Å². The first-order valence-corrected chi connectivity index (χ1v) is 10.3. The molecule has 2 aromatic rings. The molecule has 29 heavy (non-hydrogen) atoms. The van der Waals surface area contributed by atoms with Gasteiger partial charge in [0.05, 0.1) is 6.61 Å². The summed E-state index contributed by atoms with van der Waals surface area (Å²) < 4.78 is 4.86. The van der Waals surface area contributed by atoms with Gasteiger partial charge in [0.2, 0.25) is 0 Å². The van der Waals surface area contributed by atoms with Gasteiger partial charge in [0.1, 0.15) is 0 Å². The Morgan fingerprint density at radius 3 is 2.45 bits per heavy atom. The lowest BCUT2D eigenvalue weighted by Crippen LogP contribution is -2.29. The van der Waals surface area contributed by atoms with E-state index in [2.05, 4.69) is 39.8 Å². The van der Waals surface area contributed by atoms with Crippen molar-refractivity contribution < 1.29 is 14.3 Å². The van der Waals surface area contributed by atoms with Crippen molar-refractivity contribution in [2.75, 3.05) is 25.0 Å². The molecule has 2 amide bonds. The van der Waals surface area contributed by atoms with E-state index < -0.39 is 6.09 Å². The smallest absolute Gasteiger partial charge is 0.411 e. The minimum Gasteiger partial charge on any atom is -0.450 e. The quantitative estimate of drug-likeness (QED) is 0.738. The van der Waals surface area contributed by atoms with Crippen molar-refractivity contribution >= 4 is 17.7 Å². The van der Waals surface area contributed by atoms with E-state index in [1.54, 1.807) is 31.2 Å². The third-order valence-corrected chi connectivity index (χ3v) is 4.98. The van der Waals surface area contributed by atoms with Crippen LogP contribution >= 0.6 is 0 Å². The molecule has 0 atom stereocenters. The predicted octanol–water partition coefficient (Wildman–Crippen LogP) is 4.17. The number of nitrogens with one attached hydrogen (secondary N) is 2. The summed E-state index contributed by atoms with van der Waals surface area (Å²) in [4.78, 5) is 26.5. The molecule has 0 unspecified atom stereocenters. The van der Waals surface area contributed by atoms with Gasteiger partial charge in [-0.3, -0.25) is 15.0 Å². The second-order valence-electron chi connectivity index (χ2n) is 7.26. The molecule has 1 aliphatic heterocycles. The van der Waals surface area contributed by atoms with Gasteiger partial charge in [0, 0.05) is 24.3 Å². The lowest BCUT2D eigenvalue weighted by atomic mass is 10.1. The number of likely N-dealkylation sites (tertiary alicyclic amines) is 1. The SMILES string of the molecule is CCOC(=O)Nc1cccc(C(=O)NCc2ccc(CN3CCCCC3)cc2)c1. The molecule has 1 heterocycles.